The van der Waals surface area contributed by atoms with Gasteiger partial charge in [0.1, 0.15) is 6.04 Å². The molecule has 5 heteroatoms. The third-order valence-corrected chi connectivity index (χ3v) is 2.14. The molecule has 1 aromatic carbocycles. The van der Waals surface area contributed by atoms with Crippen LogP contribution in [0.2, 0.25) is 0 Å². The monoisotopic (exact) mass is 222 g/mol. The summed E-state index contributed by atoms with van der Waals surface area (Å²) in [4.78, 5) is 21.9. The highest BCUT2D eigenvalue weighted by atomic mass is 16.4. The van der Waals surface area contributed by atoms with Crippen molar-refractivity contribution in [1.82, 2.24) is 10.6 Å². The number of benzene rings is 1. The van der Waals surface area contributed by atoms with Gasteiger partial charge < -0.3 is 15.7 Å². The Kier molecular flexibility index (Phi) is 4.32. The standard InChI is InChI=1S/C11H14N2O3/c1-12-10(14)9(13-11(15)16)7-8-5-3-2-4-6-8/h2-6,9,13H,7H2,1H3,(H,12,14)(H,15,16)/t9-/m1/s1. The van der Waals surface area contributed by atoms with Crippen LogP contribution < -0.4 is 10.6 Å². The molecule has 0 bridgehead atoms. The maximum absolute atomic E-state index is 11.4. The van der Waals surface area contributed by atoms with E-state index in [1.165, 1.54) is 7.05 Å². The fourth-order valence-electron chi connectivity index (χ4n) is 1.38. The average Bonchev–Trinajstić information content (AvgIpc) is 2.28. The Morgan fingerprint density at radius 1 is 1.31 bits per heavy atom. The molecular weight excluding hydrogens is 208 g/mol. The van der Waals surface area contributed by atoms with Gasteiger partial charge in [0.25, 0.3) is 0 Å². The molecule has 1 aromatic rings. The van der Waals surface area contributed by atoms with Crippen LogP contribution in [0.1, 0.15) is 5.56 Å². The second-order valence-electron chi connectivity index (χ2n) is 3.31. The Labute approximate surface area is 93.5 Å². The Bertz CT molecular complexity index is 365. The second kappa shape index (κ2) is 5.75. The maximum atomic E-state index is 11.4. The van der Waals surface area contributed by atoms with E-state index in [9.17, 15) is 9.59 Å². The van der Waals surface area contributed by atoms with Gasteiger partial charge >= 0.3 is 6.09 Å². The number of rotatable bonds is 4. The highest BCUT2D eigenvalue weighted by molar-refractivity contribution is 5.85. The first-order valence-corrected chi connectivity index (χ1v) is 4.88. The van der Waals surface area contributed by atoms with Gasteiger partial charge in [-0.25, -0.2) is 4.79 Å². The zero-order valence-corrected chi connectivity index (χ0v) is 8.93. The number of hydrogen-bond acceptors (Lipinski definition) is 2. The molecule has 86 valence electrons. The summed E-state index contributed by atoms with van der Waals surface area (Å²) in [6, 6.07) is 8.49. The largest absolute Gasteiger partial charge is 0.465 e. The van der Waals surface area contributed by atoms with Crippen LogP contribution in [0, 0.1) is 0 Å². The zero-order valence-electron chi connectivity index (χ0n) is 8.93. The van der Waals surface area contributed by atoms with Crippen LogP contribution in [0.3, 0.4) is 0 Å². The van der Waals surface area contributed by atoms with Crippen molar-refractivity contribution >= 4 is 12.0 Å². The molecule has 0 fully saturated rings. The highest BCUT2D eigenvalue weighted by Gasteiger charge is 2.19. The molecule has 1 rings (SSSR count). The summed E-state index contributed by atoms with van der Waals surface area (Å²) >= 11 is 0. The van der Waals surface area contributed by atoms with Gasteiger partial charge in [-0.1, -0.05) is 30.3 Å². The van der Waals surface area contributed by atoms with Gasteiger partial charge in [-0.05, 0) is 5.56 Å². The topological polar surface area (TPSA) is 78.4 Å². The van der Waals surface area contributed by atoms with Crippen molar-refractivity contribution in [3.63, 3.8) is 0 Å². The lowest BCUT2D eigenvalue weighted by molar-refractivity contribution is -0.122. The highest BCUT2D eigenvalue weighted by Crippen LogP contribution is 2.03. The summed E-state index contributed by atoms with van der Waals surface area (Å²) in [5.41, 5.74) is 0.907. The average molecular weight is 222 g/mol. The van der Waals surface area contributed by atoms with Gasteiger partial charge in [-0.3, -0.25) is 4.79 Å². The Morgan fingerprint density at radius 3 is 2.44 bits per heavy atom. The first kappa shape index (κ1) is 12.0. The van der Waals surface area contributed by atoms with Crippen LogP contribution in [0.4, 0.5) is 4.79 Å². The molecule has 3 N–H and O–H groups in total. The fraction of sp³-hybridized carbons (Fsp3) is 0.273. The van der Waals surface area contributed by atoms with Crippen LogP contribution in [0.15, 0.2) is 30.3 Å². The van der Waals surface area contributed by atoms with Gasteiger partial charge in [0, 0.05) is 13.5 Å². The van der Waals surface area contributed by atoms with Crippen LogP contribution in [0.25, 0.3) is 0 Å². The van der Waals surface area contributed by atoms with Crippen molar-refractivity contribution in [1.29, 1.82) is 0 Å². The molecular formula is C11H14N2O3. The van der Waals surface area contributed by atoms with E-state index < -0.39 is 12.1 Å². The van der Waals surface area contributed by atoms with Crippen molar-refractivity contribution in [2.75, 3.05) is 7.05 Å². The lowest BCUT2D eigenvalue weighted by Gasteiger charge is -2.15. The molecule has 1 atom stereocenters. The molecule has 0 radical (unpaired) electrons. The molecule has 0 aliphatic carbocycles. The van der Waals surface area contributed by atoms with E-state index in [1.54, 1.807) is 0 Å². The van der Waals surface area contributed by atoms with Gasteiger partial charge in [-0.2, -0.15) is 0 Å². The van der Waals surface area contributed by atoms with E-state index in [-0.39, 0.29) is 5.91 Å². The number of carbonyl (C=O) groups is 2. The Hall–Kier alpha value is -2.04. The van der Waals surface area contributed by atoms with E-state index in [4.69, 9.17) is 5.11 Å². The minimum absolute atomic E-state index is 0.340. The van der Waals surface area contributed by atoms with E-state index in [1.807, 2.05) is 30.3 Å². The normalized spacial score (nSPS) is 11.6. The minimum Gasteiger partial charge on any atom is -0.465 e. The first-order chi connectivity index (χ1) is 7.63. The third kappa shape index (κ3) is 3.61. The third-order valence-electron chi connectivity index (χ3n) is 2.14. The molecule has 0 spiro atoms. The molecule has 0 aromatic heterocycles. The predicted molar refractivity (Wildman–Crippen MR) is 59.2 cm³/mol. The van der Waals surface area contributed by atoms with Gasteiger partial charge in [-0.15, -0.1) is 0 Å². The Morgan fingerprint density at radius 2 is 1.94 bits per heavy atom. The number of carboxylic acid groups (broad SMARTS) is 1. The summed E-state index contributed by atoms with van der Waals surface area (Å²) in [5.74, 6) is -0.341. The molecule has 2 amide bonds. The zero-order chi connectivity index (χ0) is 12.0. The molecule has 0 saturated carbocycles. The van der Waals surface area contributed by atoms with E-state index in [2.05, 4.69) is 10.6 Å². The van der Waals surface area contributed by atoms with Crippen LogP contribution in [0.5, 0.6) is 0 Å². The summed E-state index contributed by atoms with van der Waals surface area (Å²) in [6.07, 6.45) is -0.864. The molecule has 0 saturated heterocycles. The van der Waals surface area contributed by atoms with Gasteiger partial charge in [0.15, 0.2) is 0 Å². The van der Waals surface area contributed by atoms with Crippen molar-refractivity contribution in [2.24, 2.45) is 0 Å². The summed E-state index contributed by atoms with van der Waals surface area (Å²) in [7, 11) is 1.48. The molecule has 0 aliphatic heterocycles. The summed E-state index contributed by atoms with van der Waals surface area (Å²) in [5, 5.41) is 13.2. The fourth-order valence-corrected chi connectivity index (χ4v) is 1.38. The summed E-state index contributed by atoms with van der Waals surface area (Å²) in [6.45, 7) is 0. The number of carbonyl (C=O) groups excluding carboxylic acids is 1. The van der Waals surface area contributed by atoms with Crippen molar-refractivity contribution in [2.45, 2.75) is 12.5 Å². The Balaban J connectivity index is 2.70. The number of amides is 2. The smallest absolute Gasteiger partial charge is 0.405 e. The predicted octanol–water partition coefficient (Wildman–Crippen LogP) is 0.611. The lowest BCUT2D eigenvalue weighted by Crippen LogP contribution is -2.46. The summed E-state index contributed by atoms with van der Waals surface area (Å²) < 4.78 is 0. The molecule has 5 nitrogen and oxygen atoms in total. The number of hydrogen-bond donors (Lipinski definition) is 3. The van der Waals surface area contributed by atoms with Crippen molar-refractivity contribution in [3.8, 4) is 0 Å². The van der Waals surface area contributed by atoms with Crippen LogP contribution in [-0.4, -0.2) is 30.2 Å². The second-order valence-corrected chi connectivity index (χ2v) is 3.31. The van der Waals surface area contributed by atoms with Gasteiger partial charge in [0.05, 0.1) is 0 Å². The van der Waals surface area contributed by atoms with E-state index >= 15 is 0 Å². The number of nitrogens with one attached hydrogen (secondary N) is 2. The minimum atomic E-state index is -1.20. The lowest BCUT2D eigenvalue weighted by atomic mass is 10.1. The first-order valence-electron chi connectivity index (χ1n) is 4.88. The van der Waals surface area contributed by atoms with E-state index in [0.29, 0.717) is 6.42 Å². The SMILES string of the molecule is CNC(=O)[C@@H](Cc1ccccc1)NC(=O)O. The van der Waals surface area contributed by atoms with E-state index in [0.717, 1.165) is 5.56 Å². The quantitative estimate of drug-likeness (QED) is 0.698. The van der Waals surface area contributed by atoms with Crippen molar-refractivity contribution in [3.05, 3.63) is 35.9 Å². The van der Waals surface area contributed by atoms with Crippen LogP contribution in [-0.2, 0) is 11.2 Å². The molecule has 0 aliphatic rings. The van der Waals surface area contributed by atoms with Crippen LogP contribution >= 0.6 is 0 Å². The molecule has 0 heterocycles. The molecule has 16 heavy (non-hydrogen) atoms. The molecule has 0 unspecified atom stereocenters. The van der Waals surface area contributed by atoms with Gasteiger partial charge in [0.2, 0.25) is 5.91 Å². The number of likely N-dealkylation sites (N-methyl/N-ethyl adjacent to an activating group) is 1. The maximum Gasteiger partial charge on any atom is 0.405 e. The van der Waals surface area contributed by atoms with Crippen molar-refractivity contribution < 1.29 is 14.7 Å².